The zero-order valence-electron chi connectivity index (χ0n) is 11.3. The lowest BCUT2D eigenvalue weighted by Gasteiger charge is -2.27. The number of aromatic nitrogens is 2. The van der Waals surface area contributed by atoms with Crippen molar-refractivity contribution in [2.45, 2.75) is 40.7 Å². The fraction of sp³-hybridized carbons (Fsp3) is 0.692. The highest BCUT2D eigenvalue weighted by Gasteiger charge is 2.19. The summed E-state index contributed by atoms with van der Waals surface area (Å²) in [7, 11) is 0. The zero-order chi connectivity index (χ0) is 12.9. The second-order valence-electron chi connectivity index (χ2n) is 5.68. The third-order valence-electron chi connectivity index (χ3n) is 2.60. The van der Waals surface area contributed by atoms with E-state index in [1.165, 1.54) is 6.42 Å². The molecule has 0 atom stereocenters. The Morgan fingerprint density at radius 2 is 2.12 bits per heavy atom. The molecule has 1 aromatic rings. The fourth-order valence-corrected chi connectivity index (χ4v) is 2.10. The fourth-order valence-electron chi connectivity index (χ4n) is 2.10. The molecule has 0 bridgehead atoms. The lowest BCUT2D eigenvalue weighted by Crippen LogP contribution is -2.25. The van der Waals surface area contributed by atoms with Crippen molar-refractivity contribution in [2.75, 3.05) is 11.9 Å². The summed E-state index contributed by atoms with van der Waals surface area (Å²) in [5.74, 6) is 2.24. The monoisotopic (exact) mass is 236 g/mol. The highest BCUT2D eigenvalue weighted by atomic mass is 15.0. The molecule has 0 fully saturated rings. The van der Waals surface area contributed by atoms with Crippen molar-refractivity contribution in [2.24, 2.45) is 17.1 Å². The molecule has 4 nitrogen and oxygen atoms in total. The van der Waals surface area contributed by atoms with Gasteiger partial charge in [0.1, 0.15) is 11.6 Å². The van der Waals surface area contributed by atoms with Gasteiger partial charge in [-0.05, 0) is 23.8 Å². The van der Waals surface area contributed by atoms with Gasteiger partial charge >= 0.3 is 0 Å². The molecule has 1 rings (SSSR count). The van der Waals surface area contributed by atoms with E-state index < -0.39 is 0 Å². The maximum atomic E-state index is 5.51. The summed E-state index contributed by atoms with van der Waals surface area (Å²) in [5, 5.41) is 3.36. The summed E-state index contributed by atoms with van der Waals surface area (Å²) >= 11 is 0. The van der Waals surface area contributed by atoms with E-state index in [0.29, 0.717) is 18.3 Å². The number of hydrogen-bond donors (Lipinski definition) is 2. The Kier molecular flexibility index (Phi) is 4.87. The third-order valence-corrected chi connectivity index (χ3v) is 2.60. The first-order valence-electron chi connectivity index (χ1n) is 6.19. The van der Waals surface area contributed by atoms with E-state index in [4.69, 9.17) is 5.73 Å². The van der Waals surface area contributed by atoms with E-state index >= 15 is 0 Å². The molecule has 3 N–H and O–H groups in total. The van der Waals surface area contributed by atoms with Gasteiger partial charge in [0.2, 0.25) is 0 Å². The average Bonchev–Trinajstić information content (AvgIpc) is 2.25. The summed E-state index contributed by atoms with van der Waals surface area (Å²) < 4.78 is 0. The van der Waals surface area contributed by atoms with E-state index in [1.54, 1.807) is 6.20 Å². The van der Waals surface area contributed by atoms with Crippen LogP contribution in [0.4, 0.5) is 5.82 Å². The molecule has 0 aliphatic carbocycles. The molecule has 0 aliphatic heterocycles. The Bertz CT molecular complexity index is 347. The van der Waals surface area contributed by atoms with Crippen LogP contribution in [0, 0.1) is 11.3 Å². The minimum Gasteiger partial charge on any atom is -0.369 e. The standard InChI is InChI=1S/C13H24N4/c1-10(2)7-13(3,4)9-16-11-5-6-15-12(8-14)17-11/h5-6,10H,7-9,14H2,1-4H3,(H,15,16,17). The first-order chi connectivity index (χ1) is 7.93. The van der Waals surface area contributed by atoms with Crippen LogP contribution in [0.3, 0.4) is 0 Å². The lowest BCUT2D eigenvalue weighted by atomic mass is 9.84. The number of hydrogen-bond acceptors (Lipinski definition) is 4. The summed E-state index contributed by atoms with van der Waals surface area (Å²) in [4.78, 5) is 8.40. The van der Waals surface area contributed by atoms with Crippen molar-refractivity contribution < 1.29 is 0 Å². The predicted molar refractivity (Wildman–Crippen MR) is 71.6 cm³/mol. The number of nitrogens with two attached hydrogens (primary N) is 1. The average molecular weight is 236 g/mol. The molecule has 0 spiro atoms. The third kappa shape index (κ3) is 5.13. The summed E-state index contributed by atoms with van der Waals surface area (Å²) in [5.41, 5.74) is 5.78. The molecule has 17 heavy (non-hydrogen) atoms. The largest absolute Gasteiger partial charge is 0.369 e. The van der Waals surface area contributed by atoms with Crippen LogP contribution in [-0.4, -0.2) is 16.5 Å². The summed E-state index contributed by atoms with van der Waals surface area (Å²) in [6.45, 7) is 10.3. The molecule has 1 aromatic heterocycles. The summed E-state index contributed by atoms with van der Waals surface area (Å²) in [6.07, 6.45) is 2.93. The molecule has 0 saturated heterocycles. The second kappa shape index (κ2) is 5.96. The quantitative estimate of drug-likeness (QED) is 0.796. The maximum absolute atomic E-state index is 5.51. The minimum absolute atomic E-state index is 0.266. The number of nitrogens with one attached hydrogen (secondary N) is 1. The van der Waals surface area contributed by atoms with Crippen molar-refractivity contribution >= 4 is 5.82 Å². The molecule has 0 amide bonds. The zero-order valence-corrected chi connectivity index (χ0v) is 11.3. The van der Waals surface area contributed by atoms with Gasteiger partial charge in [-0.2, -0.15) is 0 Å². The van der Waals surface area contributed by atoms with E-state index in [2.05, 4.69) is 43.0 Å². The molecule has 4 heteroatoms. The van der Waals surface area contributed by atoms with E-state index in [0.717, 1.165) is 12.4 Å². The second-order valence-corrected chi connectivity index (χ2v) is 5.68. The van der Waals surface area contributed by atoms with Crippen molar-refractivity contribution in [3.8, 4) is 0 Å². The number of rotatable bonds is 6. The molecular formula is C13H24N4. The van der Waals surface area contributed by atoms with Crippen molar-refractivity contribution in [3.63, 3.8) is 0 Å². The molecule has 96 valence electrons. The van der Waals surface area contributed by atoms with Crippen LogP contribution in [0.5, 0.6) is 0 Å². The van der Waals surface area contributed by atoms with Gasteiger partial charge in [0.25, 0.3) is 0 Å². The van der Waals surface area contributed by atoms with Crippen LogP contribution in [0.15, 0.2) is 12.3 Å². The van der Waals surface area contributed by atoms with E-state index in [-0.39, 0.29) is 5.41 Å². The molecule has 0 saturated carbocycles. The molecule has 1 heterocycles. The normalized spacial score (nSPS) is 11.9. The van der Waals surface area contributed by atoms with Gasteiger partial charge in [-0.3, -0.25) is 0 Å². The van der Waals surface area contributed by atoms with Gasteiger partial charge < -0.3 is 11.1 Å². The van der Waals surface area contributed by atoms with Crippen molar-refractivity contribution in [1.29, 1.82) is 0 Å². The minimum atomic E-state index is 0.266. The predicted octanol–water partition coefficient (Wildman–Crippen LogP) is 2.42. The highest BCUT2D eigenvalue weighted by molar-refractivity contribution is 5.33. The summed E-state index contributed by atoms with van der Waals surface area (Å²) in [6, 6.07) is 1.88. The Morgan fingerprint density at radius 1 is 1.41 bits per heavy atom. The first kappa shape index (κ1) is 13.9. The van der Waals surface area contributed by atoms with Crippen LogP contribution >= 0.6 is 0 Å². The van der Waals surface area contributed by atoms with Gasteiger partial charge in [0, 0.05) is 12.7 Å². The van der Waals surface area contributed by atoms with Gasteiger partial charge in [-0.25, -0.2) is 9.97 Å². The SMILES string of the molecule is CC(C)CC(C)(C)CNc1ccnc(CN)n1. The van der Waals surface area contributed by atoms with E-state index in [9.17, 15) is 0 Å². The van der Waals surface area contributed by atoms with Gasteiger partial charge in [-0.1, -0.05) is 27.7 Å². The molecular weight excluding hydrogens is 212 g/mol. The Labute approximate surface area is 104 Å². The Hall–Kier alpha value is -1.16. The number of nitrogens with zero attached hydrogens (tertiary/aromatic N) is 2. The smallest absolute Gasteiger partial charge is 0.144 e. The van der Waals surface area contributed by atoms with Crippen molar-refractivity contribution in [1.82, 2.24) is 9.97 Å². The molecule has 0 radical (unpaired) electrons. The Morgan fingerprint density at radius 3 is 2.71 bits per heavy atom. The molecule has 0 aromatic carbocycles. The van der Waals surface area contributed by atoms with E-state index in [1.807, 2.05) is 6.07 Å². The van der Waals surface area contributed by atoms with Gasteiger partial charge in [0.05, 0.1) is 6.54 Å². The molecule has 0 unspecified atom stereocenters. The van der Waals surface area contributed by atoms with Crippen molar-refractivity contribution in [3.05, 3.63) is 18.1 Å². The van der Waals surface area contributed by atoms with Crippen LogP contribution in [-0.2, 0) is 6.54 Å². The maximum Gasteiger partial charge on any atom is 0.144 e. The van der Waals surface area contributed by atoms with Crippen LogP contribution in [0.2, 0.25) is 0 Å². The first-order valence-corrected chi connectivity index (χ1v) is 6.19. The molecule has 0 aliphatic rings. The highest BCUT2D eigenvalue weighted by Crippen LogP contribution is 2.25. The van der Waals surface area contributed by atoms with Crippen LogP contribution < -0.4 is 11.1 Å². The van der Waals surface area contributed by atoms with Gasteiger partial charge in [-0.15, -0.1) is 0 Å². The Balaban J connectivity index is 2.54. The van der Waals surface area contributed by atoms with Crippen LogP contribution in [0.25, 0.3) is 0 Å². The number of anilines is 1. The lowest BCUT2D eigenvalue weighted by molar-refractivity contribution is 0.306. The van der Waals surface area contributed by atoms with Gasteiger partial charge in [0.15, 0.2) is 0 Å². The topological polar surface area (TPSA) is 63.8 Å². The van der Waals surface area contributed by atoms with Crippen LogP contribution in [0.1, 0.15) is 39.9 Å².